The Hall–Kier alpha value is -2.47. The lowest BCUT2D eigenvalue weighted by Crippen LogP contribution is -2.25. The summed E-state index contributed by atoms with van der Waals surface area (Å²) >= 11 is 0. The normalized spacial score (nSPS) is 12.4. The predicted octanol–water partition coefficient (Wildman–Crippen LogP) is 3.54. The molecule has 1 atom stereocenters. The van der Waals surface area contributed by atoms with E-state index in [9.17, 15) is 18.0 Å². The Balaban J connectivity index is 1.92. The molecule has 0 spiro atoms. The SMILES string of the molecule is CCc1ccc(C(=O)C(C)OC(=O)CCS(=O)(=O)c2ccc(C)cc2)cc1. The van der Waals surface area contributed by atoms with Crippen LogP contribution in [0.2, 0.25) is 0 Å². The zero-order valence-electron chi connectivity index (χ0n) is 15.8. The molecule has 2 rings (SSSR count). The number of hydrogen-bond acceptors (Lipinski definition) is 5. The number of ketones is 1. The van der Waals surface area contributed by atoms with Gasteiger partial charge >= 0.3 is 5.97 Å². The Morgan fingerprint density at radius 1 is 1.00 bits per heavy atom. The lowest BCUT2D eigenvalue weighted by atomic mass is 10.0. The molecule has 2 aromatic rings. The molecule has 5 nitrogen and oxygen atoms in total. The van der Waals surface area contributed by atoms with E-state index in [4.69, 9.17) is 4.74 Å². The molecule has 2 aromatic carbocycles. The maximum absolute atomic E-state index is 12.3. The molecule has 0 saturated carbocycles. The Kier molecular flexibility index (Phi) is 6.91. The summed E-state index contributed by atoms with van der Waals surface area (Å²) in [4.78, 5) is 24.5. The molecule has 0 N–H and O–H groups in total. The summed E-state index contributed by atoms with van der Waals surface area (Å²) in [6, 6.07) is 13.6. The number of carbonyl (C=O) groups excluding carboxylic acids is 2. The largest absolute Gasteiger partial charge is 0.454 e. The van der Waals surface area contributed by atoms with Crippen molar-refractivity contribution in [1.29, 1.82) is 0 Å². The highest BCUT2D eigenvalue weighted by molar-refractivity contribution is 7.91. The Morgan fingerprint density at radius 2 is 1.59 bits per heavy atom. The molecule has 6 heteroatoms. The van der Waals surface area contributed by atoms with Gasteiger partial charge in [0.1, 0.15) is 0 Å². The highest BCUT2D eigenvalue weighted by Gasteiger charge is 2.22. The molecule has 0 aliphatic rings. The van der Waals surface area contributed by atoms with Crippen LogP contribution in [-0.2, 0) is 25.8 Å². The van der Waals surface area contributed by atoms with Crippen molar-refractivity contribution < 1.29 is 22.7 Å². The minimum Gasteiger partial charge on any atom is -0.454 e. The number of carbonyl (C=O) groups is 2. The number of esters is 1. The van der Waals surface area contributed by atoms with E-state index in [1.807, 2.05) is 26.0 Å². The van der Waals surface area contributed by atoms with Crippen LogP contribution in [0.5, 0.6) is 0 Å². The summed E-state index contributed by atoms with van der Waals surface area (Å²) in [6.45, 7) is 5.37. The lowest BCUT2D eigenvalue weighted by molar-refractivity contribution is -0.145. The third-order valence-electron chi connectivity index (χ3n) is 4.28. The van der Waals surface area contributed by atoms with Crippen LogP contribution in [0.3, 0.4) is 0 Å². The first kappa shape index (κ1) is 20.8. The van der Waals surface area contributed by atoms with Gasteiger partial charge in [0, 0.05) is 5.56 Å². The van der Waals surface area contributed by atoms with Gasteiger partial charge in [-0.15, -0.1) is 0 Å². The topological polar surface area (TPSA) is 77.5 Å². The number of ether oxygens (including phenoxy) is 1. The van der Waals surface area contributed by atoms with Crippen molar-refractivity contribution in [2.45, 2.75) is 44.6 Å². The first-order valence-electron chi connectivity index (χ1n) is 8.85. The van der Waals surface area contributed by atoms with Gasteiger partial charge in [0.2, 0.25) is 5.78 Å². The van der Waals surface area contributed by atoms with E-state index in [0.717, 1.165) is 17.5 Å². The summed E-state index contributed by atoms with van der Waals surface area (Å²) in [6.07, 6.45) is -0.399. The quantitative estimate of drug-likeness (QED) is 0.511. The molecule has 27 heavy (non-hydrogen) atoms. The van der Waals surface area contributed by atoms with E-state index < -0.39 is 21.9 Å². The molecule has 0 aromatic heterocycles. The van der Waals surface area contributed by atoms with Crippen LogP contribution in [0.25, 0.3) is 0 Å². The fourth-order valence-electron chi connectivity index (χ4n) is 2.53. The Labute approximate surface area is 160 Å². The lowest BCUT2D eigenvalue weighted by Gasteiger charge is -2.13. The number of benzene rings is 2. The van der Waals surface area contributed by atoms with Gasteiger partial charge in [-0.25, -0.2) is 8.42 Å². The van der Waals surface area contributed by atoms with Gasteiger partial charge in [-0.3, -0.25) is 9.59 Å². The van der Waals surface area contributed by atoms with E-state index >= 15 is 0 Å². The Bertz CT molecular complexity index is 897. The zero-order valence-corrected chi connectivity index (χ0v) is 16.6. The van der Waals surface area contributed by atoms with Crippen LogP contribution in [0, 0.1) is 6.92 Å². The van der Waals surface area contributed by atoms with E-state index in [2.05, 4.69) is 0 Å². The van der Waals surface area contributed by atoms with Crippen LogP contribution in [-0.4, -0.2) is 32.0 Å². The number of rotatable bonds is 8. The number of sulfone groups is 1. The van der Waals surface area contributed by atoms with Crippen molar-refractivity contribution in [3.63, 3.8) is 0 Å². The van der Waals surface area contributed by atoms with Gasteiger partial charge in [-0.2, -0.15) is 0 Å². The monoisotopic (exact) mass is 388 g/mol. The minimum absolute atomic E-state index is 0.168. The van der Waals surface area contributed by atoms with Crippen LogP contribution in [0.15, 0.2) is 53.4 Å². The molecule has 0 aliphatic heterocycles. The third kappa shape index (κ3) is 5.76. The van der Waals surface area contributed by atoms with Crippen LogP contribution in [0.1, 0.15) is 41.8 Å². The summed E-state index contributed by atoms with van der Waals surface area (Å²) in [5, 5.41) is 0. The summed E-state index contributed by atoms with van der Waals surface area (Å²) in [5.74, 6) is -1.38. The molecule has 0 amide bonds. The number of hydrogen-bond donors (Lipinski definition) is 0. The van der Waals surface area contributed by atoms with Crippen molar-refractivity contribution in [2.75, 3.05) is 5.75 Å². The van der Waals surface area contributed by atoms with Crippen LogP contribution in [0.4, 0.5) is 0 Å². The second kappa shape index (κ2) is 8.95. The zero-order chi connectivity index (χ0) is 20.0. The molecule has 0 fully saturated rings. The van der Waals surface area contributed by atoms with E-state index in [0.29, 0.717) is 5.56 Å². The third-order valence-corrected chi connectivity index (χ3v) is 6.01. The van der Waals surface area contributed by atoms with E-state index in [1.54, 1.807) is 24.3 Å². The van der Waals surface area contributed by atoms with Crippen LogP contribution >= 0.6 is 0 Å². The van der Waals surface area contributed by atoms with E-state index in [1.165, 1.54) is 19.1 Å². The highest BCUT2D eigenvalue weighted by atomic mass is 32.2. The number of aryl methyl sites for hydroxylation is 2. The maximum Gasteiger partial charge on any atom is 0.307 e. The summed E-state index contributed by atoms with van der Waals surface area (Å²) < 4.78 is 29.7. The van der Waals surface area contributed by atoms with Gasteiger partial charge < -0.3 is 4.74 Å². The van der Waals surface area contributed by atoms with Crippen molar-refractivity contribution in [1.82, 2.24) is 0 Å². The standard InChI is InChI=1S/C21H24O5S/c1-4-17-7-9-18(10-8-17)21(23)16(3)26-20(22)13-14-27(24,25)19-11-5-15(2)6-12-19/h5-12,16H,4,13-14H2,1-3H3. The highest BCUT2D eigenvalue weighted by Crippen LogP contribution is 2.14. The predicted molar refractivity (Wildman–Crippen MR) is 104 cm³/mol. The van der Waals surface area contributed by atoms with Crippen molar-refractivity contribution in [3.8, 4) is 0 Å². The van der Waals surface area contributed by atoms with Gasteiger partial charge in [0.15, 0.2) is 15.9 Å². The van der Waals surface area contributed by atoms with Gasteiger partial charge in [0.05, 0.1) is 17.1 Å². The molecule has 144 valence electrons. The van der Waals surface area contributed by atoms with E-state index in [-0.39, 0.29) is 22.9 Å². The molecule has 0 aliphatic carbocycles. The first-order chi connectivity index (χ1) is 12.7. The molecular weight excluding hydrogens is 364 g/mol. The summed E-state index contributed by atoms with van der Waals surface area (Å²) in [7, 11) is -3.57. The smallest absolute Gasteiger partial charge is 0.307 e. The fourth-order valence-corrected chi connectivity index (χ4v) is 3.75. The minimum atomic E-state index is -3.57. The van der Waals surface area contributed by atoms with Crippen molar-refractivity contribution >= 4 is 21.6 Å². The second-order valence-electron chi connectivity index (χ2n) is 6.43. The summed E-state index contributed by atoms with van der Waals surface area (Å²) in [5.41, 5.74) is 2.52. The Morgan fingerprint density at radius 3 is 2.15 bits per heavy atom. The first-order valence-corrected chi connectivity index (χ1v) is 10.5. The molecule has 0 heterocycles. The van der Waals surface area contributed by atoms with Crippen molar-refractivity contribution in [3.05, 3.63) is 65.2 Å². The maximum atomic E-state index is 12.3. The second-order valence-corrected chi connectivity index (χ2v) is 8.54. The fraction of sp³-hybridized carbons (Fsp3) is 0.333. The van der Waals surface area contributed by atoms with Crippen LogP contribution < -0.4 is 0 Å². The number of Topliss-reactive ketones (excluding diaryl/α,β-unsaturated/α-hetero) is 1. The van der Waals surface area contributed by atoms with Gasteiger partial charge in [0.25, 0.3) is 0 Å². The average Bonchev–Trinajstić information content (AvgIpc) is 2.66. The molecule has 1 unspecified atom stereocenters. The molecule has 0 bridgehead atoms. The molecule has 0 saturated heterocycles. The van der Waals surface area contributed by atoms with Gasteiger partial charge in [-0.1, -0.05) is 48.9 Å². The molecular formula is C21H24O5S. The van der Waals surface area contributed by atoms with Crippen molar-refractivity contribution in [2.24, 2.45) is 0 Å². The van der Waals surface area contributed by atoms with Gasteiger partial charge in [-0.05, 0) is 38.0 Å². The average molecular weight is 388 g/mol. The molecule has 0 radical (unpaired) electrons.